The molecule has 4 nitrogen and oxygen atoms in total. The number of carbonyl (C=O) groups is 1. The lowest BCUT2D eigenvalue weighted by Gasteiger charge is -2.12. The fourth-order valence-electron chi connectivity index (χ4n) is 2.01. The molecule has 2 rings (SSSR count). The molecule has 0 unspecified atom stereocenters. The molecule has 0 atom stereocenters. The third-order valence-corrected chi connectivity index (χ3v) is 3.09. The Kier molecular flexibility index (Phi) is 4.52. The van der Waals surface area contributed by atoms with Crippen LogP contribution in [0.3, 0.4) is 0 Å². The number of carboxylic acids is 1. The van der Waals surface area contributed by atoms with E-state index in [1.54, 1.807) is 0 Å². The number of rotatable bonds is 5. The van der Waals surface area contributed by atoms with Gasteiger partial charge >= 0.3 is 5.97 Å². The number of aromatic nitrogens is 1. The van der Waals surface area contributed by atoms with Gasteiger partial charge < -0.3 is 9.84 Å². The van der Waals surface area contributed by atoms with Crippen molar-refractivity contribution in [3.05, 3.63) is 58.7 Å². The van der Waals surface area contributed by atoms with E-state index in [0.29, 0.717) is 17.7 Å². The number of aromatic carboxylic acids is 1. The average molecular weight is 289 g/mol. The van der Waals surface area contributed by atoms with Crippen molar-refractivity contribution in [2.45, 2.75) is 26.9 Å². The normalized spacial score (nSPS) is 10.4. The molecule has 0 spiro atoms. The fourth-order valence-corrected chi connectivity index (χ4v) is 2.01. The first-order valence-corrected chi connectivity index (χ1v) is 6.62. The van der Waals surface area contributed by atoms with Crippen LogP contribution in [0, 0.1) is 12.7 Å². The van der Waals surface area contributed by atoms with Crippen LogP contribution in [0.15, 0.2) is 30.3 Å². The van der Waals surface area contributed by atoms with E-state index in [1.165, 1.54) is 12.1 Å². The summed E-state index contributed by atoms with van der Waals surface area (Å²) < 4.78 is 18.8. The molecule has 21 heavy (non-hydrogen) atoms. The van der Waals surface area contributed by atoms with Crippen molar-refractivity contribution < 1.29 is 19.0 Å². The molecule has 0 saturated carbocycles. The molecule has 110 valence electrons. The first kappa shape index (κ1) is 15.0. The van der Waals surface area contributed by atoms with Crippen molar-refractivity contribution >= 4 is 5.97 Å². The number of nitrogens with zero attached hydrogens (tertiary/aromatic N) is 1. The van der Waals surface area contributed by atoms with E-state index in [1.807, 2.05) is 26.0 Å². The quantitative estimate of drug-likeness (QED) is 0.916. The molecule has 1 heterocycles. The van der Waals surface area contributed by atoms with E-state index < -0.39 is 11.8 Å². The highest BCUT2D eigenvalue weighted by molar-refractivity contribution is 5.89. The van der Waals surface area contributed by atoms with E-state index in [-0.39, 0.29) is 12.2 Å². The van der Waals surface area contributed by atoms with Gasteiger partial charge in [-0.1, -0.05) is 13.0 Å². The van der Waals surface area contributed by atoms with Crippen molar-refractivity contribution in [1.29, 1.82) is 0 Å². The van der Waals surface area contributed by atoms with E-state index in [2.05, 4.69) is 4.98 Å². The maximum atomic E-state index is 13.1. The number of ether oxygens (including phenoxy) is 1. The minimum atomic E-state index is -1.18. The van der Waals surface area contributed by atoms with Gasteiger partial charge in [0.15, 0.2) is 0 Å². The van der Waals surface area contributed by atoms with Crippen LogP contribution in [0.2, 0.25) is 0 Å². The molecule has 0 aliphatic carbocycles. The Labute approximate surface area is 122 Å². The van der Waals surface area contributed by atoms with Gasteiger partial charge in [-0.25, -0.2) is 9.18 Å². The fraction of sp³-hybridized carbons (Fsp3) is 0.250. The second-order valence-electron chi connectivity index (χ2n) is 4.65. The molecule has 0 amide bonds. The lowest BCUT2D eigenvalue weighted by molar-refractivity contribution is 0.0693. The molecular formula is C16H16FNO3. The van der Waals surface area contributed by atoms with E-state index in [0.717, 1.165) is 17.5 Å². The van der Waals surface area contributed by atoms with Crippen molar-refractivity contribution in [1.82, 2.24) is 4.98 Å². The van der Waals surface area contributed by atoms with Crippen molar-refractivity contribution in [2.24, 2.45) is 0 Å². The minimum Gasteiger partial charge on any atom is -0.487 e. The summed E-state index contributed by atoms with van der Waals surface area (Å²) in [5.74, 6) is -1.14. The Balaban J connectivity index is 2.22. The Morgan fingerprint density at radius 1 is 1.33 bits per heavy atom. The average Bonchev–Trinajstić information content (AvgIpc) is 2.46. The van der Waals surface area contributed by atoms with Crippen LogP contribution >= 0.6 is 0 Å². The topological polar surface area (TPSA) is 59.4 Å². The summed E-state index contributed by atoms with van der Waals surface area (Å²) in [4.78, 5) is 15.5. The number of aryl methyl sites for hydroxylation is 2. The first-order chi connectivity index (χ1) is 10.0. The second kappa shape index (κ2) is 6.35. The van der Waals surface area contributed by atoms with E-state index in [9.17, 15) is 9.18 Å². The lowest BCUT2D eigenvalue weighted by Crippen LogP contribution is -2.07. The monoisotopic (exact) mass is 289 g/mol. The van der Waals surface area contributed by atoms with Gasteiger partial charge in [0.05, 0.1) is 11.3 Å². The Bertz CT molecular complexity index is 671. The number of halogens is 1. The highest BCUT2D eigenvalue weighted by Gasteiger charge is 2.13. The molecule has 0 aliphatic rings. The number of hydrogen-bond acceptors (Lipinski definition) is 3. The second-order valence-corrected chi connectivity index (χ2v) is 4.65. The summed E-state index contributed by atoms with van der Waals surface area (Å²) in [6.45, 7) is 3.92. The molecule has 1 aromatic heterocycles. The van der Waals surface area contributed by atoms with E-state index in [4.69, 9.17) is 9.84 Å². The summed E-state index contributed by atoms with van der Waals surface area (Å²) in [7, 11) is 0. The summed E-state index contributed by atoms with van der Waals surface area (Å²) in [5.41, 5.74) is 2.04. The summed E-state index contributed by atoms with van der Waals surface area (Å²) >= 11 is 0. The maximum absolute atomic E-state index is 13.1. The van der Waals surface area contributed by atoms with Gasteiger partial charge in [0.2, 0.25) is 0 Å². The van der Waals surface area contributed by atoms with Crippen molar-refractivity contribution in [3.8, 4) is 5.75 Å². The SMILES string of the molecule is CCc1nc(C)ccc1OCc1ccc(F)cc1C(=O)O. The Morgan fingerprint density at radius 3 is 2.76 bits per heavy atom. The zero-order valence-corrected chi connectivity index (χ0v) is 11.9. The van der Waals surface area contributed by atoms with Gasteiger partial charge in [0, 0.05) is 11.3 Å². The molecule has 2 aromatic rings. The number of carboxylic acid groups (broad SMARTS) is 1. The number of benzene rings is 1. The maximum Gasteiger partial charge on any atom is 0.336 e. The van der Waals surface area contributed by atoms with Crippen LogP contribution in [0.5, 0.6) is 5.75 Å². The zero-order valence-electron chi connectivity index (χ0n) is 11.9. The molecule has 0 fully saturated rings. The standard InChI is InChI=1S/C16H16FNO3/c1-3-14-15(7-4-10(2)18-14)21-9-11-5-6-12(17)8-13(11)16(19)20/h4-8H,3,9H2,1-2H3,(H,19,20). The smallest absolute Gasteiger partial charge is 0.336 e. The van der Waals surface area contributed by atoms with Crippen LogP contribution in [0.1, 0.15) is 34.2 Å². The van der Waals surface area contributed by atoms with E-state index >= 15 is 0 Å². The lowest BCUT2D eigenvalue weighted by atomic mass is 10.1. The third-order valence-electron chi connectivity index (χ3n) is 3.09. The van der Waals surface area contributed by atoms with Crippen molar-refractivity contribution in [2.75, 3.05) is 0 Å². The van der Waals surface area contributed by atoms with Crippen molar-refractivity contribution in [3.63, 3.8) is 0 Å². The highest BCUT2D eigenvalue weighted by Crippen LogP contribution is 2.20. The number of pyridine rings is 1. The van der Waals surface area contributed by atoms with Gasteiger partial charge in [0.1, 0.15) is 18.2 Å². The Hall–Kier alpha value is -2.43. The van der Waals surface area contributed by atoms with Crippen LogP contribution in [0.4, 0.5) is 4.39 Å². The molecule has 1 N–H and O–H groups in total. The largest absolute Gasteiger partial charge is 0.487 e. The highest BCUT2D eigenvalue weighted by atomic mass is 19.1. The Morgan fingerprint density at radius 2 is 2.10 bits per heavy atom. The van der Waals surface area contributed by atoms with Crippen LogP contribution < -0.4 is 4.74 Å². The molecule has 0 bridgehead atoms. The summed E-state index contributed by atoms with van der Waals surface area (Å²) in [5, 5.41) is 9.09. The molecule has 1 aromatic carbocycles. The molecule has 0 aliphatic heterocycles. The first-order valence-electron chi connectivity index (χ1n) is 6.62. The summed E-state index contributed by atoms with van der Waals surface area (Å²) in [6.07, 6.45) is 0.715. The molecular weight excluding hydrogens is 273 g/mol. The summed E-state index contributed by atoms with van der Waals surface area (Å²) in [6, 6.07) is 7.28. The molecule has 0 saturated heterocycles. The number of hydrogen-bond donors (Lipinski definition) is 1. The predicted octanol–water partition coefficient (Wildman–Crippen LogP) is 3.37. The molecule has 5 heteroatoms. The molecule has 0 radical (unpaired) electrons. The van der Waals surface area contributed by atoms with Crippen LogP contribution in [-0.2, 0) is 13.0 Å². The van der Waals surface area contributed by atoms with Crippen LogP contribution in [0.25, 0.3) is 0 Å². The predicted molar refractivity (Wildman–Crippen MR) is 76.0 cm³/mol. The van der Waals surface area contributed by atoms with Gasteiger partial charge in [-0.05, 0) is 37.6 Å². The zero-order chi connectivity index (χ0) is 15.4. The van der Waals surface area contributed by atoms with Crippen LogP contribution in [-0.4, -0.2) is 16.1 Å². The van der Waals surface area contributed by atoms with Gasteiger partial charge in [0.25, 0.3) is 0 Å². The van der Waals surface area contributed by atoms with Gasteiger partial charge in [-0.2, -0.15) is 0 Å². The van der Waals surface area contributed by atoms with Gasteiger partial charge in [-0.3, -0.25) is 4.98 Å². The third kappa shape index (κ3) is 3.56. The minimum absolute atomic E-state index is 0.0552. The van der Waals surface area contributed by atoms with Gasteiger partial charge in [-0.15, -0.1) is 0 Å².